The van der Waals surface area contributed by atoms with Crippen LogP contribution in [0.15, 0.2) is 24.3 Å². The number of phenolic OH excluding ortho intramolecular Hbond substituents is 2. The van der Waals surface area contributed by atoms with Crippen molar-refractivity contribution in [1.82, 2.24) is 0 Å². The molecule has 0 bridgehead atoms. The number of nitrogens with one attached hydrogen (secondary N) is 1. The summed E-state index contributed by atoms with van der Waals surface area (Å²) in [6, 6.07) is 6.78. The average molecular weight is 252 g/mol. The molecule has 0 heterocycles. The van der Waals surface area contributed by atoms with Crippen LogP contribution in [-0.2, 0) is 4.79 Å². The molecule has 5 heteroatoms. The topological polar surface area (TPSA) is 69.6 Å². The summed E-state index contributed by atoms with van der Waals surface area (Å²) in [7, 11) is 0. The third kappa shape index (κ3) is 1.87. The fourth-order valence-electron chi connectivity index (χ4n) is 1.68. The number of phenols is 2. The van der Waals surface area contributed by atoms with Gasteiger partial charge in [-0.15, -0.1) is 0 Å². The zero-order valence-corrected chi connectivity index (χ0v) is 9.53. The maximum atomic E-state index is 10.3. The lowest BCUT2D eigenvalue weighted by molar-refractivity contribution is -0.106. The number of halogens is 1. The molecule has 88 valence electrons. The molecule has 0 aliphatic heterocycles. The predicted molar refractivity (Wildman–Crippen MR) is 66.8 cm³/mol. The molecule has 0 radical (unpaired) electrons. The van der Waals surface area contributed by atoms with Crippen molar-refractivity contribution in [3.8, 4) is 11.5 Å². The summed E-state index contributed by atoms with van der Waals surface area (Å²) >= 11 is 5.92. The summed E-state index contributed by atoms with van der Waals surface area (Å²) in [6.45, 7) is 0.00502. The van der Waals surface area contributed by atoms with Crippen molar-refractivity contribution in [2.24, 2.45) is 0 Å². The van der Waals surface area contributed by atoms with Crippen LogP contribution in [0, 0.1) is 0 Å². The second-order valence-electron chi connectivity index (χ2n) is 3.48. The minimum Gasteiger partial charge on any atom is -0.506 e. The molecule has 2 aromatic carbocycles. The number of aromatic hydroxyl groups is 2. The molecular formula is C12H10ClNO3. The van der Waals surface area contributed by atoms with Gasteiger partial charge in [0.15, 0.2) is 0 Å². The van der Waals surface area contributed by atoms with Crippen molar-refractivity contribution < 1.29 is 15.0 Å². The highest BCUT2D eigenvalue weighted by Gasteiger charge is 2.16. The Balaban J connectivity index is 2.72. The Morgan fingerprint density at radius 2 is 1.76 bits per heavy atom. The lowest BCUT2D eigenvalue weighted by Crippen LogP contribution is -2.03. The lowest BCUT2D eigenvalue weighted by atomic mass is 10.1. The summed E-state index contributed by atoms with van der Waals surface area (Å²) in [4.78, 5) is 10.3. The van der Waals surface area contributed by atoms with Crippen LogP contribution in [0.2, 0.25) is 5.02 Å². The molecule has 0 atom stereocenters. The van der Waals surface area contributed by atoms with Gasteiger partial charge >= 0.3 is 0 Å². The van der Waals surface area contributed by atoms with E-state index in [1.807, 2.05) is 0 Å². The molecule has 3 N–H and O–H groups in total. The summed E-state index contributed by atoms with van der Waals surface area (Å²) in [5.74, 6) is -0.196. The number of benzene rings is 2. The first-order valence-corrected chi connectivity index (χ1v) is 5.34. The van der Waals surface area contributed by atoms with Crippen molar-refractivity contribution in [1.29, 1.82) is 0 Å². The molecule has 0 fully saturated rings. The van der Waals surface area contributed by atoms with E-state index >= 15 is 0 Å². The second kappa shape index (κ2) is 4.51. The highest BCUT2D eigenvalue weighted by atomic mass is 35.5. The Kier molecular flexibility index (Phi) is 3.06. The second-order valence-corrected chi connectivity index (χ2v) is 3.86. The molecular weight excluding hydrogens is 242 g/mol. The van der Waals surface area contributed by atoms with Gasteiger partial charge in [0.05, 0.1) is 6.54 Å². The van der Waals surface area contributed by atoms with Crippen LogP contribution >= 0.6 is 11.6 Å². The number of carbonyl (C=O) groups is 1. The van der Waals surface area contributed by atoms with E-state index in [9.17, 15) is 15.0 Å². The third-order valence-corrected chi connectivity index (χ3v) is 2.83. The van der Waals surface area contributed by atoms with E-state index in [0.29, 0.717) is 17.1 Å². The molecule has 4 nitrogen and oxygen atoms in total. The Morgan fingerprint density at radius 1 is 1.18 bits per heavy atom. The normalized spacial score (nSPS) is 10.4. The summed E-state index contributed by atoms with van der Waals surface area (Å²) in [6.07, 6.45) is 0.641. The molecule has 0 amide bonds. The predicted octanol–water partition coefficient (Wildman–Crippen LogP) is 2.52. The van der Waals surface area contributed by atoms with Gasteiger partial charge in [-0.25, -0.2) is 0 Å². The number of carbonyl (C=O) groups excluding carboxylic acids is 1. The van der Waals surface area contributed by atoms with E-state index in [4.69, 9.17) is 11.6 Å². The molecule has 0 aliphatic carbocycles. The Hall–Kier alpha value is -1.94. The minimum absolute atomic E-state index is 0.00282. The molecule has 0 aliphatic rings. The van der Waals surface area contributed by atoms with Gasteiger partial charge < -0.3 is 20.3 Å². The van der Waals surface area contributed by atoms with Gasteiger partial charge in [0, 0.05) is 10.8 Å². The maximum absolute atomic E-state index is 10.3. The van der Waals surface area contributed by atoms with Crippen LogP contribution in [0.3, 0.4) is 0 Å². The van der Waals surface area contributed by atoms with Gasteiger partial charge in [0.2, 0.25) is 0 Å². The number of hydrogen-bond donors (Lipinski definition) is 3. The fourth-order valence-corrected chi connectivity index (χ4v) is 1.93. The van der Waals surface area contributed by atoms with Gasteiger partial charge in [0.25, 0.3) is 0 Å². The SMILES string of the molecule is O=CCNc1c(Cl)c(O)c2ccccc2c1O. The van der Waals surface area contributed by atoms with Gasteiger partial charge in [-0.05, 0) is 0 Å². The molecule has 0 saturated heterocycles. The first-order chi connectivity index (χ1) is 8.16. The van der Waals surface area contributed by atoms with E-state index in [-0.39, 0.29) is 28.8 Å². The van der Waals surface area contributed by atoms with E-state index in [1.54, 1.807) is 24.3 Å². The summed E-state index contributed by atoms with van der Waals surface area (Å²) < 4.78 is 0. The van der Waals surface area contributed by atoms with Crippen molar-refractivity contribution >= 4 is 34.3 Å². The monoisotopic (exact) mass is 251 g/mol. The standard InChI is InChI=1S/C12H10ClNO3/c13-9-10(14-5-6-15)12(17)8-4-2-1-3-7(8)11(9)16/h1-4,6,14,16-17H,5H2. The van der Waals surface area contributed by atoms with Crippen LogP contribution in [-0.4, -0.2) is 23.0 Å². The van der Waals surface area contributed by atoms with Crippen molar-refractivity contribution in [2.45, 2.75) is 0 Å². The number of rotatable bonds is 3. The highest BCUT2D eigenvalue weighted by Crippen LogP contribution is 2.45. The molecule has 2 aromatic rings. The van der Waals surface area contributed by atoms with Crippen molar-refractivity contribution in [2.75, 3.05) is 11.9 Å². The van der Waals surface area contributed by atoms with Crippen LogP contribution < -0.4 is 5.32 Å². The largest absolute Gasteiger partial charge is 0.506 e. The molecule has 17 heavy (non-hydrogen) atoms. The number of fused-ring (bicyclic) bond motifs is 1. The van der Waals surface area contributed by atoms with Crippen LogP contribution in [0.1, 0.15) is 0 Å². The van der Waals surface area contributed by atoms with Crippen LogP contribution in [0.4, 0.5) is 5.69 Å². The van der Waals surface area contributed by atoms with Crippen molar-refractivity contribution in [3.63, 3.8) is 0 Å². The Morgan fingerprint density at radius 3 is 2.35 bits per heavy atom. The zero-order valence-electron chi connectivity index (χ0n) is 8.77. The molecule has 0 aromatic heterocycles. The fraction of sp³-hybridized carbons (Fsp3) is 0.0833. The van der Waals surface area contributed by atoms with Gasteiger partial charge in [-0.2, -0.15) is 0 Å². The van der Waals surface area contributed by atoms with Crippen LogP contribution in [0.25, 0.3) is 10.8 Å². The van der Waals surface area contributed by atoms with E-state index in [1.165, 1.54) is 0 Å². The van der Waals surface area contributed by atoms with Crippen LogP contribution in [0.5, 0.6) is 11.5 Å². The maximum Gasteiger partial charge on any atom is 0.148 e. The van der Waals surface area contributed by atoms with Gasteiger partial charge in [0.1, 0.15) is 28.5 Å². The first kappa shape index (κ1) is 11.5. The van der Waals surface area contributed by atoms with E-state index in [2.05, 4.69) is 5.32 Å². The number of hydrogen-bond acceptors (Lipinski definition) is 4. The van der Waals surface area contributed by atoms with Crippen molar-refractivity contribution in [3.05, 3.63) is 29.3 Å². The summed E-state index contributed by atoms with van der Waals surface area (Å²) in [5.41, 5.74) is 0.162. The first-order valence-electron chi connectivity index (χ1n) is 4.96. The third-order valence-electron chi connectivity index (χ3n) is 2.46. The molecule has 0 saturated carbocycles. The number of anilines is 1. The van der Waals surface area contributed by atoms with Gasteiger partial charge in [-0.1, -0.05) is 35.9 Å². The average Bonchev–Trinajstić information content (AvgIpc) is 2.36. The highest BCUT2D eigenvalue weighted by molar-refractivity contribution is 6.36. The quantitative estimate of drug-likeness (QED) is 0.445. The smallest absolute Gasteiger partial charge is 0.148 e. The minimum atomic E-state index is -0.117. The number of aldehydes is 1. The molecule has 0 spiro atoms. The molecule has 2 rings (SSSR count). The zero-order chi connectivity index (χ0) is 12.4. The van der Waals surface area contributed by atoms with Gasteiger partial charge in [-0.3, -0.25) is 0 Å². The Labute approximate surface area is 102 Å². The van der Waals surface area contributed by atoms with E-state index < -0.39 is 0 Å². The summed E-state index contributed by atoms with van der Waals surface area (Å²) in [5, 5.41) is 23.5. The Bertz CT molecular complexity index is 583. The lowest BCUT2D eigenvalue weighted by Gasteiger charge is -2.13. The van der Waals surface area contributed by atoms with E-state index in [0.717, 1.165) is 0 Å². The molecule has 0 unspecified atom stereocenters.